The average Bonchev–Trinajstić information content (AvgIpc) is 3.62. The molecule has 1 aromatic carbocycles. The predicted octanol–water partition coefficient (Wildman–Crippen LogP) is 4.83. The third-order valence-corrected chi connectivity index (χ3v) is 8.32. The van der Waals surface area contributed by atoms with Gasteiger partial charge in [0.25, 0.3) is 0 Å². The van der Waals surface area contributed by atoms with E-state index in [4.69, 9.17) is 4.98 Å². The number of likely N-dealkylation sites (N-methyl/N-ethyl adjacent to an activating group) is 1. The van der Waals surface area contributed by atoms with Crippen LogP contribution in [-0.4, -0.2) is 74.2 Å². The number of hydrogen-bond acceptors (Lipinski definition) is 7. The first-order valence-corrected chi connectivity index (χ1v) is 14.2. The summed E-state index contributed by atoms with van der Waals surface area (Å²) in [4.78, 5) is 34.8. The fourth-order valence-electron chi connectivity index (χ4n) is 5.97. The van der Waals surface area contributed by atoms with Gasteiger partial charge < -0.3 is 20.1 Å². The number of piperazine rings is 1. The average molecular weight is 536 g/mol. The van der Waals surface area contributed by atoms with Crippen molar-refractivity contribution in [3.05, 3.63) is 48.9 Å². The molecule has 7 rings (SSSR count). The lowest BCUT2D eigenvalue weighted by Gasteiger charge is -2.34. The van der Waals surface area contributed by atoms with E-state index < -0.39 is 0 Å². The van der Waals surface area contributed by atoms with Gasteiger partial charge in [0.05, 0.1) is 23.1 Å². The standard InChI is InChI=1S/C30H33N9O/c1-38-11-13-39(14-12-38)25-9-10-32-28-27(25)34-29(35-28)26-23-16-20(7-8-24(23)36-37-26)21-15-22(18-31-17-21)33-30(40)19-5-3-2-4-6-19/h7-10,15-19H,2-6,11-14H2,1H3,(H,33,40)(H,36,37)(H,32,34,35). The highest BCUT2D eigenvalue weighted by Crippen LogP contribution is 2.33. The number of H-pyrrole nitrogens is 2. The van der Waals surface area contributed by atoms with E-state index in [1.165, 1.54) is 6.42 Å². The van der Waals surface area contributed by atoms with E-state index in [0.29, 0.717) is 11.5 Å². The molecule has 5 heterocycles. The second-order valence-corrected chi connectivity index (χ2v) is 11.0. The van der Waals surface area contributed by atoms with Crippen molar-refractivity contribution in [3.63, 3.8) is 0 Å². The highest BCUT2D eigenvalue weighted by Gasteiger charge is 2.22. The Morgan fingerprint density at radius 2 is 1.85 bits per heavy atom. The molecule has 3 N–H and O–H groups in total. The maximum Gasteiger partial charge on any atom is 0.227 e. The van der Waals surface area contributed by atoms with Crippen LogP contribution in [0.25, 0.3) is 44.7 Å². The zero-order valence-electron chi connectivity index (χ0n) is 22.7. The van der Waals surface area contributed by atoms with Gasteiger partial charge in [-0.25, -0.2) is 9.97 Å². The number of fused-ring (bicyclic) bond motifs is 2. The summed E-state index contributed by atoms with van der Waals surface area (Å²) in [5, 5.41) is 11.8. The summed E-state index contributed by atoms with van der Waals surface area (Å²) in [5.41, 5.74) is 7.04. The number of carbonyl (C=O) groups is 1. The summed E-state index contributed by atoms with van der Waals surface area (Å²) in [6.45, 7) is 3.98. The molecule has 0 bridgehead atoms. The molecule has 10 nitrogen and oxygen atoms in total. The molecule has 1 saturated heterocycles. The molecule has 204 valence electrons. The molecule has 1 saturated carbocycles. The third kappa shape index (κ3) is 4.68. The number of carbonyl (C=O) groups excluding carboxylic acids is 1. The smallest absolute Gasteiger partial charge is 0.227 e. The Hall–Kier alpha value is -4.31. The van der Waals surface area contributed by atoms with Crippen molar-refractivity contribution in [1.29, 1.82) is 0 Å². The fraction of sp³-hybridized carbons (Fsp3) is 0.367. The van der Waals surface area contributed by atoms with E-state index in [1.807, 2.05) is 30.6 Å². The number of nitrogens with zero attached hydrogens (tertiary/aromatic N) is 6. The summed E-state index contributed by atoms with van der Waals surface area (Å²) in [6, 6.07) is 10.2. The van der Waals surface area contributed by atoms with Crippen LogP contribution in [0, 0.1) is 5.92 Å². The highest BCUT2D eigenvalue weighted by molar-refractivity contribution is 5.97. The number of imidazole rings is 1. The SMILES string of the molecule is CN1CCN(c2ccnc3nc(-c4n[nH]c5ccc(-c6cncc(NC(=O)C7CCCCC7)c6)cc45)[nH]c23)CC1. The van der Waals surface area contributed by atoms with Gasteiger partial charge in [-0.15, -0.1) is 0 Å². The number of aromatic nitrogens is 6. The highest BCUT2D eigenvalue weighted by atomic mass is 16.1. The summed E-state index contributed by atoms with van der Waals surface area (Å²) in [7, 11) is 2.16. The summed E-state index contributed by atoms with van der Waals surface area (Å²) in [6.07, 6.45) is 10.8. The van der Waals surface area contributed by atoms with Gasteiger partial charge in [0.15, 0.2) is 11.5 Å². The number of rotatable bonds is 5. The molecular weight excluding hydrogens is 502 g/mol. The molecule has 5 aromatic rings. The number of hydrogen-bond donors (Lipinski definition) is 3. The van der Waals surface area contributed by atoms with Gasteiger partial charge in [-0.3, -0.25) is 14.9 Å². The Labute approximate surface area is 232 Å². The van der Waals surface area contributed by atoms with Gasteiger partial charge in [-0.2, -0.15) is 5.10 Å². The zero-order chi connectivity index (χ0) is 27.1. The molecule has 1 aliphatic heterocycles. The Bertz CT molecular complexity index is 1680. The van der Waals surface area contributed by atoms with E-state index in [0.717, 1.165) is 96.5 Å². The van der Waals surface area contributed by atoms with Crippen molar-refractivity contribution in [3.8, 4) is 22.6 Å². The van der Waals surface area contributed by atoms with Crippen LogP contribution < -0.4 is 10.2 Å². The number of anilines is 2. The number of amides is 1. The molecule has 40 heavy (non-hydrogen) atoms. The van der Waals surface area contributed by atoms with Crippen molar-refractivity contribution in [1.82, 2.24) is 35.0 Å². The predicted molar refractivity (Wildman–Crippen MR) is 157 cm³/mol. The van der Waals surface area contributed by atoms with Crippen LogP contribution in [0.2, 0.25) is 0 Å². The van der Waals surface area contributed by atoms with Gasteiger partial charge in [0.2, 0.25) is 5.91 Å². The van der Waals surface area contributed by atoms with Crippen LogP contribution in [0.4, 0.5) is 11.4 Å². The van der Waals surface area contributed by atoms with Crippen molar-refractivity contribution in [2.45, 2.75) is 32.1 Å². The monoisotopic (exact) mass is 535 g/mol. The molecule has 0 atom stereocenters. The molecule has 2 fully saturated rings. The van der Waals surface area contributed by atoms with Gasteiger partial charge in [-0.1, -0.05) is 25.3 Å². The first-order chi connectivity index (χ1) is 19.6. The third-order valence-electron chi connectivity index (χ3n) is 8.32. The first-order valence-electron chi connectivity index (χ1n) is 14.2. The minimum Gasteiger partial charge on any atom is -0.367 e. The molecule has 10 heteroatoms. The van der Waals surface area contributed by atoms with Crippen molar-refractivity contribution < 1.29 is 4.79 Å². The lowest BCUT2D eigenvalue weighted by Crippen LogP contribution is -2.44. The maximum atomic E-state index is 12.8. The molecule has 0 spiro atoms. The minimum atomic E-state index is 0.0947. The van der Waals surface area contributed by atoms with Crippen LogP contribution in [-0.2, 0) is 4.79 Å². The Morgan fingerprint density at radius 3 is 2.70 bits per heavy atom. The molecule has 0 radical (unpaired) electrons. The van der Waals surface area contributed by atoms with Gasteiger partial charge >= 0.3 is 0 Å². The van der Waals surface area contributed by atoms with E-state index in [1.54, 1.807) is 6.20 Å². The van der Waals surface area contributed by atoms with Gasteiger partial charge in [-0.05, 0) is 49.7 Å². The molecule has 0 unspecified atom stereocenters. The summed E-state index contributed by atoms with van der Waals surface area (Å²) < 4.78 is 0. The lowest BCUT2D eigenvalue weighted by atomic mass is 9.88. The second-order valence-electron chi connectivity index (χ2n) is 11.0. The fourth-order valence-corrected chi connectivity index (χ4v) is 5.97. The van der Waals surface area contributed by atoms with Crippen LogP contribution in [0.15, 0.2) is 48.9 Å². The summed E-state index contributed by atoms with van der Waals surface area (Å²) >= 11 is 0. The number of nitrogens with one attached hydrogen (secondary N) is 3. The quantitative estimate of drug-likeness (QED) is 0.295. The van der Waals surface area contributed by atoms with E-state index in [9.17, 15) is 4.79 Å². The van der Waals surface area contributed by atoms with Crippen LogP contribution >= 0.6 is 0 Å². The molecule has 1 amide bonds. The van der Waals surface area contributed by atoms with Gasteiger partial charge in [0, 0.05) is 55.4 Å². The number of benzene rings is 1. The van der Waals surface area contributed by atoms with Crippen molar-refractivity contribution in [2.24, 2.45) is 5.92 Å². The topological polar surface area (TPSA) is 119 Å². The molecule has 4 aromatic heterocycles. The van der Waals surface area contributed by atoms with Crippen LogP contribution in [0.3, 0.4) is 0 Å². The minimum absolute atomic E-state index is 0.0947. The number of pyridine rings is 2. The van der Waals surface area contributed by atoms with Crippen molar-refractivity contribution in [2.75, 3.05) is 43.4 Å². The first kappa shape index (κ1) is 24.7. The lowest BCUT2D eigenvalue weighted by molar-refractivity contribution is -0.120. The Balaban J connectivity index is 1.19. The normalized spacial score (nSPS) is 17.1. The van der Waals surface area contributed by atoms with Crippen molar-refractivity contribution >= 4 is 39.3 Å². The Morgan fingerprint density at radius 1 is 1.00 bits per heavy atom. The maximum absolute atomic E-state index is 12.8. The zero-order valence-corrected chi connectivity index (χ0v) is 22.7. The largest absolute Gasteiger partial charge is 0.367 e. The molecule has 2 aliphatic rings. The van der Waals surface area contributed by atoms with E-state index in [-0.39, 0.29) is 11.8 Å². The van der Waals surface area contributed by atoms with Gasteiger partial charge in [0.1, 0.15) is 11.2 Å². The Kier molecular flexibility index (Phi) is 6.39. The molecule has 1 aliphatic carbocycles. The van der Waals surface area contributed by atoms with Crippen LogP contribution in [0.1, 0.15) is 32.1 Å². The summed E-state index contributed by atoms with van der Waals surface area (Å²) in [5.74, 6) is 0.872. The van der Waals surface area contributed by atoms with E-state index >= 15 is 0 Å². The second kappa shape index (κ2) is 10.3. The van der Waals surface area contributed by atoms with E-state index in [2.05, 4.69) is 59.4 Å². The number of aromatic amines is 2. The molecular formula is C30H33N9O. The van der Waals surface area contributed by atoms with Crippen LogP contribution in [0.5, 0.6) is 0 Å².